The molecule has 0 aromatic rings. The first-order valence-corrected chi connectivity index (χ1v) is 3.63. The van der Waals surface area contributed by atoms with Crippen molar-refractivity contribution in [2.75, 3.05) is 0 Å². The first kappa shape index (κ1) is 8.48. The summed E-state index contributed by atoms with van der Waals surface area (Å²) in [6.45, 7) is 6.47. The molecule has 0 heteroatoms. The average Bonchev–Trinajstić information content (AvgIpc) is 1.89. The van der Waals surface area contributed by atoms with Gasteiger partial charge in [0, 0.05) is 0 Å². The SMILES string of the molecule is CCC=CC=C(C)CC. The third kappa shape index (κ3) is 5.35. The molecule has 0 amide bonds. The molecule has 0 unspecified atom stereocenters. The second-order valence-corrected chi connectivity index (χ2v) is 2.20. The second-order valence-electron chi connectivity index (χ2n) is 2.20. The van der Waals surface area contributed by atoms with Crippen LogP contribution in [0.1, 0.15) is 33.6 Å². The van der Waals surface area contributed by atoms with Gasteiger partial charge < -0.3 is 0 Å². The van der Waals surface area contributed by atoms with E-state index in [0.717, 1.165) is 12.8 Å². The third-order valence-corrected chi connectivity index (χ3v) is 1.31. The minimum absolute atomic E-state index is 1.13. The Hall–Kier alpha value is -0.520. The monoisotopic (exact) mass is 124 g/mol. The van der Waals surface area contributed by atoms with Gasteiger partial charge in [-0.05, 0) is 19.8 Å². The fraction of sp³-hybridized carbons (Fsp3) is 0.556. The van der Waals surface area contributed by atoms with Gasteiger partial charge in [-0.15, -0.1) is 0 Å². The highest BCUT2D eigenvalue weighted by atomic mass is 13.8. The summed E-state index contributed by atoms with van der Waals surface area (Å²) < 4.78 is 0. The van der Waals surface area contributed by atoms with E-state index >= 15 is 0 Å². The molecule has 0 heterocycles. The summed E-state index contributed by atoms with van der Waals surface area (Å²) in [4.78, 5) is 0. The molecule has 0 aromatic carbocycles. The van der Waals surface area contributed by atoms with Crippen LogP contribution in [0, 0.1) is 0 Å². The van der Waals surface area contributed by atoms with Crippen molar-refractivity contribution in [2.24, 2.45) is 0 Å². The second kappa shape index (κ2) is 5.61. The van der Waals surface area contributed by atoms with Crippen LogP contribution >= 0.6 is 0 Å². The zero-order valence-corrected chi connectivity index (χ0v) is 6.65. The molecule has 0 atom stereocenters. The number of hydrogen-bond donors (Lipinski definition) is 0. The summed E-state index contributed by atoms with van der Waals surface area (Å²) in [5.41, 5.74) is 1.44. The lowest BCUT2D eigenvalue weighted by molar-refractivity contribution is 1.10. The van der Waals surface area contributed by atoms with Crippen molar-refractivity contribution in [3.63, 3.8) is 0 Å². The maximum atomic E-state index is 2.17. The van der Waals surface area contributed by atoms with E-state index < -0.39 is 0 Å². The van der Waals surface area contributed by atoms with E-state index in [0.29, 0.717) is 0 Å². The van der Waals surface area contributed by atoms with Crippen LogP contribution in [-0.4, -0.2) is 0 Å². The fourth-order valence-electron chi connectivity index (χ4n) is 0.486. The average molecular weight is 124 g/mol. The maximum absolute atomic E-state index is 2.17. The van der Waals surface area contributed by atoms with Crippen molar-refractivity contribution in [3.8, 4) is 0 Å². The standard InChI is InChI=1S/C9H16/c1-4-6-7-8-9(3)5-2/h6-8H,4-5H2,1-3H3. The van der Waals surface area contributed by atoms with E-state index in [1.54, 1.807) is 0 Å². The van der Waals surface area contributed by atoms with Gasteiger partial charge in [0.2, 0.25) is 0 Å². The number of hydrogen-bond acceptors (Lipinski definition) is 0. The van der Waals surface area contributed by atoms with Crippen LogP contribution in [0.3, 0.4) is 0 Å². The Morgan fingerprint density at radius 2 is 2.00 bits per heavy atom. The Balaban J connectivity index is 3.55. The quantitative estimate of drug-likeness (QED) is 0.506. The third-order valence-electron chi connectivity index (χ3n) is 1.31. The van der Waals surface area contributed by atoms with Crippen molar-refractivity contribution in [1.29, 1.82) is 0 Å². The van der Waals surface area contributed by atoms with Crippen LogP contribution in [0.5, 0.6) is 0 Å². The van der Waals surface area contributed by atoms with E-state index in [9.17, 15) is 0 Å². The predicted molar refractivity (Wildman–Crippen MR) is 43.5 cm³/mol. The van der Waals surface area contributed by atoms with Crippen molar-refractivity contribution < 1.29 is 0 Å². The van der Waals surface area contributed by atoms with Gasteiger partial charge in [0.05, 0.1) is 0 Å². The Labute approximate surface area is 58.3 Å². The molecular formula is C9H16. The van der Waals surface area contributed by atoms with Crippen LogP contribution in [-0.2, 0) is 0 Å². The molecule has 0 saturated heterocycles. The van der Waals surface area contributed by atoms with Gasteiger partial charge in [0.1, 0.15) is 0 Å². The Morgan fingerprint density at radius 1 is 1.33 bits per heavy atom. The molecule has 0 aromatic heterocycles. The summed E-state index contributed by atoms with van der Waals surface area (Å²) in [6.07, 6.45) is 8.75. The Morgan fingerprint density at radius 3 is 2.44 bits per heavy atom. The smallest absolute Gasteiger partial charge is 0.0349 e. The summed E-state index contributed by atoms with van der Waals surface area (Å²) in [5.74, 6) is 0. The van der Waals surface area contributed by atoms with Crippen LogP contribution in [0.25, 0.3) is 0 Å². The van der Waals surface area contributed by atoms with Crippen LogP contribution < -0.4 is 0 Å². The molecule has 0 radical (unpaired) electrons. The van der Waals surface area contributed by atoms with Crippen molar-refractivity contribution >= 4 is 0 Å². The minimum Gasteiger partial charge on any atom is -0.0848 e. The molecule has 0 fully saturated rings. The molecule has 0 rings (SSSR count). The van der Waals surface area contributed by atoms with Gasteiger partial charge in [-0.2, -0.15) is 0 Å². The van der Waals surface area contributed by atoms with Crippen molar-refractivity contribution in [2.45, 2.75) is 33.6 Å². The van der Waals surface area contributed by atoms with E-state index in [4.69, 9.17) is 0 Å². The van der Waals surface area contributed by atoms with E-state index in [2.05, 4.69) is 39.0 Å². The van der Waals surface area contributed by atoms with Gasteiger partial charge >= 0.3 is 0 Å². The zero-order chi connectivity index (χ0) is 7.11. The molecule has 0 nitrogen and oxygen atoms in total. The minimum atomic E-state index is 1.13. The first-order valence-electron chi connectivity index (χ1n) is 3.63. The first-order chi connectivity index (χ1) is 4.31. The van der Waals surface area contributed by atoms with E-state index in [1.807, 2.05) is 0 Å². The summed E-state index contributed by atoms with van der Waals surface area (Å²) in [7, 11) is 0. The van der Waals surface area contributed by atoms with E-state index in [1.165, 1.54) is 5.57 Å². The van der Waals surface area contributed by atoms with Crippen LogP contribution in [0.4, 0.5) is 0 Å². The topological polar surface area (TPSA) is 0 Å². The number of rotatable bonds is 3. The molecule has 0 aliphatic rings. The number of allylic oxidation sites excluding steroid dienone is 4. The highest BCUT2D eigenvalue weighted by Gasteiger charge is 1.76. The lowest BCUT2D eigenvalue weighted by Gasteiger charge is -1.87. The lowest BCUT2D eigenvalue weighted by Crippen LogP contribution is -1.66. The molecule has 0 spiro atoms. The van der Waals surface area contributed by atoms with Gasteiger partial charge in [0.15, 0.2) is 0 Å². The molecule has 0 aliphatic carbocycles. The largest absolute Gasteiger partial charge is 0.0848 e. The summed E-state index contributed by atoms with van der Waals surface area (Å²) >= 11 is 0. The maximum Gasteiger partial charge on any atom is -0.0349 e. The summed E-state index contributed by atoms with van der Waals surface area (Å²) in [6, 6.07) is 0. The van der Waals surface area contributed by atoms with Gasteiger partial charge in [-0.25, -0.2) is 0 Å². The van der Waals surface area contributed by atoms with Gasteiger partial charge in [-0.1, -0.05) is 37.6 Å². The van der Waals surface area contributed by atoms with Gasteiger partial charge in [-0.3, -0.25) is 0 Å². The summed E-state index contributed by atoms with van der Waals surface area (Å²) in [5, 5.41) is 0. The molecule has 0 bridgehead atoms. The fourth-order valence-corrected chi connectivity index (χ4v) is 0.486. The van der Waals surface area contributed by atoms with E-state index in [-0.39, 0.29) is 0 Å². The Kier molecular flexibility index (Phi) is 5.29. The molecule has 0 aliphatic heterocycles. The Bertz CT molecular complexity index is 107. The molecule has 0 saturated carbocycles. The molecule has 52 valence electrons. The molecule has 9 heavy (non-hydrogen) atoms. The normalized spacial score (nSPS) is 13.0. The van der Waals surface area contributed by atoms with Crippen molar-refractivity contribution in [3.05, 3.63) is 23.8 Å². The zero-order valence-electron chi connectivity index (χ0n) is 6.65. The van der Waals surface area contributed by atoms with Crippen LogP contribution in [0.2, 0.25) is 0 Å². The predicted octanol–water partition coefficient (Wildman–Crippen LogP) is 3.31. The highest BCUT2D eigenvalue weighted by molar-refractivity contribution is 5.09. The van der Waals surface area contributed by atoms with Crippen LogP contribution in [0.15, 0.2) is 23.8 Å². The molecule has 0 N–H and O–H groups in total. The lowest BCUT2D eigenvalue weighted by atomic mass is 10.2. The van der Waals surface area contributed by atoms with Crippen molar-refractivity contribution in [1.82, 2.24) is 0 Å². The highest BCUT2D eigenvalue weighted by Crippen LogP contribution is 1.97. The molecular weight excluding hydrogens is 108 g/mol. The van der Waals surface area contributed by atoms with Gasteiger partial charge in [0.25, 0.3) is 0 Å².